The second-order valence-electron chi connectivity index (χ2n) is 7.56. The first-order valence-corrected chi connectivity index (χ1v) is 12.2. The lowest BCUT2D eigenvalue weighted by molar-refractivity contribution is -0.139. The summed E-state index contributed by atoms with van der Waals surface area (Å²) in [6.07, 6.45) is 0. The number of esters is 1. The summed E-state index contributed by atoms with van der Waals surface area (Å²) in [5.74, 6) is 1.95. The Labute approximate surface area is 211 Å². The van der Waals surface area contributed by atoms with Gasteiger partial charge in [-0.3, -0.25) is 0 Å². The first-order chi connectivity index (χ1) is 16.9. The minimum atomic E-state index is -0.772. The smallest absolute Gasteiger partial charge is 0.338 e. The van der Waals surface area contributed by atoms with Gasteiger partial charge >= 0.3 is 12.0 Å². The van der Waals surface area contributed by atoms with E-state index < -0.39 is 18.0 Å². The number of carbonyl (C=O) groups is 2. The van der Waals surface area contributed by atoms with E-state index in [2.05, 4.69) is 20.8 Å². The average molecular weight is 518 g/mol. The van der Waals surface area contributed by atoms with Crippen LogP contribution in [0.15, 0.2) is 57.2 Å². The molecule has 3 heterocycles. The molecular formula is C23H24ClN5O5S. The van der Waals surface area contributed by atoms with Crippen LogP contribution >= 0.6 is 23.4 Å². The monoisotopic (exact) mass is 517 g/mol. The van der Waals surface area contributed by atoms with Crippen molar-refractivity contribution in [2.24, 2.45) is 7.05 Å². The normalized spacial score (nSPS) is 15.5. The molecule has 12 heteroatoms. The maximum atomic E-state index is 12.9. The molecule has 4 rings (SSSR count). The predicted molar refractivity (Wildman–Crippen MR) is 129 cm³/mol. The topological polar surface area (TPSA) is 121 Å². The Morgan fingerprint density at radius 1 is 1.26 bits per heavy atom. The Balaban J connectivity index is 1.54. The maximum Gasteiger partial charge on any atom is 0.338 e. The zero-order valence-corrected chi connectivity index (χ0v) is 20.9. The van der Waals surface area contributed by atoms with Gasteiger partial charge in [0, 0.05) is 18.5 Å². The van der Waals surface area contributed by atoms with E-state index >= 15 is 0 Å². The van der Waals surface area contributed by atoms with Crippen molar-refractivity contribution in [2.45, 2.75) is 31.7 Å². The molecule has 3 aromatic rings. The van der Waals surface area contributed by atoms with Gasteiger partial charge in [0.25, 0.3) is 0 Å². The predicted octanol–water partition coefficient (Wildman–Crippen LogP) is 3.91. The number of rotatable bonds is 9. The third kappa shape index (κ3) is 5.63. The van der Waals surface area contributed by atoms with E-state index in [1.54, 1.807) is 42.7 Å². The van der Waals surface area contributed by atoms with Crippen LogP contribution in [0.25, 0.3) is 0 Å². The molecule has 1 aliphatic heterocycles. The Hall–Kier alpha value is -3.44. The molecule has 0 aliphatic carbocycles. The van der Waals surface area contributed by atoms with Crippen LogP contribution in [0.2, 0.25) is 5.02 Å². The number of hydrogen-bond donors (Lipinski definition) is 2. The molecule has 0 bridgehead atoms. The van der Waals surface area contributed by atoms with Crippen LogP contribution in [0.5, 0.6) is 5.75 Å². The summed E-state index contributed by atoms with van der Waals surface area (Å²) in [6, 6.07) is 9.45. The average Bonchev–Trinajstić information content (AvgIpc) is 3.42. The number of thioether (sulfide) groups is 1. The third-order valence-electron chi connectivity index (χ3n) is 5.16. The first-order valence-electron chi connectivity index (χ1n) is 10.8. The molecule has 2 aromatic heterocycles. The van der Waals surface area contributed by atoms with Crippen molar-refractivity contribution >= 4 is 35.4 Å². The Morgan fingerprint density at radius 3 is 2.77 bits per heavy atom. The van der Waals surface area contributed by atoms with Crippen LogP contribution in [-0.2, 0) is 23.2 Å². The number of benzene rings is 1. The number of furan rings is 1. The largest absolute Gasteiger partial charge is 0.484 e. The molecule has 1 unspecified atom stereocenters. The molecule has 35 heavy (non-hydrogen) atoms. The highest BCUT2D eigenvalue weighted by Crippen LogP contribution is 2.31. The number of aryl methyl sites for hydroxylation is 1. The molecule has 0 saturated carbocycles. The van der Waals surface area contributed by atoms with Gasteiger partial charge in [0.2, 0.25) is 0 Å². The van der Waals surface area contributed by atoms with E-state index in [1.807, 2.05) is 19.2 Å². The molecule has 184 valence electrons. The lowest BCUT2D eigenvalue weighted by atomic mass is 10.0. The van der Waals surface area contributed by atoms with Crippen LogP contribution in [0.1, 0.15) is 30.3 Å². The summed E-state index contributed by atoms with van der Waals surface area (Å²) in [6.45, 7) is 3.88. The lowest BCUT2D eigenvalue weighted by Crippen LogP contribution is -2.46. The summed E-state index contributed by atoms with van der Waals surface area (Å²) in [4.78, 5) is 25.3. The Kier molecular flexibility index (Phi) is 7.67. The number of nitrogens with one attached hydrogen (secondary N) is 2. The van der Waals surface area contributed by atoms with Crippen molar-refractivity contribution in [3.05, 3.63) is 70.0 Å². The van der Waals surface area contributed by atoms with Gasteiger partial charge < -0.3 is 29.1 Å². The number of aromatic nitrogens is 3. The molecule has 0 saturated heterocycles. The van der Waals surface area contributed by atoms with Gasteiger partial charge in [-0.1, -0.05) is 35.5 Å². The fraction of sp³-hybridized carbons (Fsp3) is 0.304. The van der Waals surface area contributed by atoms with E-state index in [1.165, 1.54) is 11.8 Å². The molecule has 0 spiro atoms. The van der Waals surface area contributed by atoms with Gasteiger partial charge in [0.05, 0.1) is 17.2 Å². The van der Waals surface area contributed by atoms with Crippen LogP contribution < -0.4 is 15.4 Å². The summed E-state index contributed by atoms with van der Waals surface area (Å²) in [5, 5.41) is 15.0. The van der Waals surface area contributed by atoms with Crippen LogP contribution in [-0.4, -0.2) is 39.1 Å². The number of carbonyl (C=O) groups excluding carboxylic acids is 2. The minimum Gasteiger partial charge on any atom is -0.484 e. The quantitative estimate of drug-likeness (QED) is 0.324. The minimum absolute atomic E-state index is 0.172. The Morgan fingerprint density at radius 2 is 2.06 bits per heavy atom. The second-order valence-corrected chi connectivity index (χ2v) is 8.91. The fourth-order valence-electron chi connectivity index (χ4n) is 3.44. The van der Waals surface area contributed by atoms with E-state index in [0.717, 1.165) is 0 Å². The standard InChI is InChI=1S/C23H24ClN5O5S/c1-4-32-21(30)19-15(25-22(31)26-20(19)17-10-9-13(2)34-17)12-35-23-28-27-18(29(23)3)11-33-16-8-6-5-7-14(16)24/h5-10,20H,4,11-12H2,1-3H3,(H2,25,26,31). The number of ether oxygens (including phenoxy) is 2. The van der Waals surface area contributed by atoms with Gasteiger partial charge in [-0.2, -0.15) is 0 Å². The highest BCUT2D eigenvalue weighted by atomic mass is 35.5. The molecule has 1 atom stereocenters. The van der Waals surface area contributed by atoms with Gasteiger partial charge in [-0.15, -0.1) is 10.2 Å². The van der Waals surface area contributed by atoms with E-state index in [9.17, 15) is 9.59 Å². The van der Waals surface area contributed by atoms with Crippen molar-refractivity contribution < 1.29 is 23.5 Å². The van der Waals surface area contributed by atoms with Crippen molar-refractivity contribution in [3.8, 4) is 5.75 Å². The van der Waals surface area contributed by atoms with Crippen LogP contribution in [0, 0.1) is 6.92 Å². The number of amides is 2. The number of urea groups is 1. The second kappa shape index (κ2) is 10.9. The van der Waals surface area contributed by atoms with Crippen molar-refractivity contribution in [3.63, 3.8) is 0 Å². The van der Waals surface area contributed by atoms with Gasteiger partial charge in [0.1, 0.15) is 29.9 Å². The highest BCUT2D eigenvalue weighted by molar-refractivity contribution is 7.99. The molecule has 0 radical (unpaired) electrons. The zero-order valence-electron chi connectivity index (χ0n) is 19.3. The molecular weight excluding hydrogens is 494 g/mol. The number of para-hydroxylation sites is 1. The summed E-state index contributed by atoms with van der Waals surface area (Å²) < 4.78 is 18.5. The van der Waals surface area contributed by atoms with E-state index in [0.29, 0.717) is 39.0 Å². The molecule has 2 N–H and O–H groups in total. The molecule has 2 amide bonds. The van der Waals surface area contributed by atoms with Crippen LogP contribution in [0.3, 0.4) is 0 Å². The maximum absolute atomic E-state index is 12.9. The fourth-order valence-corrected chi connectivity index (χ4v) is 4.53. The summed E-state index contributed by atoms with van der Waals surface area (Å²) >= 11 is 7.45. The van der Waals surface area contributed by atoms with Crippen molar-refractivity contribution in [1.29, 1.82) is 0 Å². The number of halogens is 1. The summed E-state index contributed by atoms with van der Waals surface area (Å²) in [5.41, 5.74) is 0.686. The van der Waals surface area contributed by atoms with Crippen molar-refractivity contribution in [1.82, 2.24) is 25.4 Å². The third-order valence-corrected chi connectivity index (χ3v) is 6.52. The van der Waals surface area contributed by atoms with E-state index in [-0.39, 0.29) is 24.5 Å². The van der Waals surface area contributed by atoms with Gasteiger partial charge in [-0.25, -0.2) is 9.59 Å². The van der Waals surface area contributed by atoms with Gasteiger partial charge in [-0.05, 0) is 38.1 Å². The number of nitrogens with zero attached hydrogens (tertiary/aromatic N) is 3. The molecule has 1 aliphatic rings. The number of hydrogen-bond acceptors (Lipinski definition) is 8. The van der Waals surface area contributed by atoms with E-state index in [4.69, 9.17) is 25.5 Å². The molecule has 0 fully saturated rings. The SMILES string of the molecule is CCOC(=O)C1=C(CSc2nnc(COc3ccccc3Cl)n2C)NC(=O)NC1c1ccc(C)o1. The highest BCUT2D eigenvalue weighted by Gasteiger charge is 2.35. The first kappa shape index (κ1) is 24.7. The molecule has 10 nitrogen and oxygen atoms in total. The zero-order chi connectivity index (χ0) is 24.9. The summed E-state index contributed by atoms with van der Waals surface area (Å²) in [7, 11) is 1.81. The Bertz CT molecular complexity index is 1270. The van der Waals surface area contributed by atoms with Gasteiger partial charge in [0.15, 0.2) is 11.0 Å². The molecule has 1 aromatic carbocycles. The van der Waals surface area contributed by atoms with Crippen molar-refractivity contribution in [2.75, 3.05) is 12.4 Å². The lowest BCUT2D eigenvalue weighted by Gasteiger charge is -2.27. The van der Waals surface area contributed by atoms with Crippen LogP contribution in [0.4, 0.5) is 4.79 Å².